The average molecular weight is 434 g/mol. The van der Waals surface area contributed by atoms with E-state index in [1.165, 1.54) is 23.2 Å². The van der Waals surface area contributed by atoms with Gasteiger partial charge in [-0.2, -0.15) is 0 Å². The lowest BCUT2D eigenvalue weighted by molar-refractivity contribution is -0.135. The number of carbonyl (C=O) groups is 4. The first-order valence-electron chi connectivity index (χ1n) is 9.66. The molecule has 8 heteroatoms. The van der Waals surface area contributed by atoms with Gasteiger partial charge in [-0.25, -0.2) is 9.78 Å². The Labute approximate surface area is 182 Å². The average Bonchev–Trinajstić information content (AvgIpc) is 3.42. The summed E-state index contributed by atoms with van der Waals surface area (Å²) in [5.74, 6) is -3.70. The molecule has 3 aromatic rings. The highest BCUT2D eigenvalue weighted by Crippen LogP contribution is 2.41. The number of amides is 1. The fraction of sp³-hybridized carbons (Fsp3) is 0.174. The molecule has 1 aromatic heterocycles. The minimum Gasteiger partial charge on any atom is -0.462 e. The van der Waals surface area contributed by atoms with Crippen LogP contribution in [0.2, 0.25) is 0 Å². The number of carbonyl (C=O) groups excluding carboxylic acids is 4. The maximum atomic E-state index is 13.1. The molecule has 1 aliphatic heterocycles. The summed E-state index contributed by atoms with van der Waals surface area (Å²) in [6.45, 7) is 1.96. The number of esters is 1. The predicted octanol–water partition coefficient (Wildman–Crippen LogP) is 3.48. The summed E-state index contributed by atoms with van der Waals surface area (Å²) in [4.78, 5) is 56.4. The summed E-state index contributed by atoms with van der Waals surface area (Å²) >= 11 is 1.13. The molecule has 0 N–H and O–H groups in total. The van der Waals surface area contributed by atoms with Crippen LogP contribution in [0.5, 0.6) is 0 Å². The minimum absolute atomic E-state index is 0.187. The molecule has 2 unspecified atom stereocenters. The van der Waals surface area contributed by atoms with Gasteiger partial charge in [-0.05, 0) is 36.8 Å². The zero-order valence-corrected chi connectivity index (χ0v) is 17.4. The topological polar surface area (TPSA) is 93.6 Å². The van der Waals surface area contributed by atoms with Gasteiger partial charge in [0.2, 0.25) is 11.6 Å². The summed E-state index contributed by atoms with van der Waals surface area (Å²) in [6, 6.07) is 14.3. The first-order valence-corrected chi connectivity index (χ1v) is 10.5. The Morgan fingerprint density at radius 1 is 1.06 bits per heavy atom. The first kappa shape index (κ1) is 20.6. The molecule has 0 aliphatic carbocycles. The molecule has 0 saturated carbocycles. The molecule has 31 heavy (non-hydrogen) atoms. The number of ketones is 2. The van der Waals surface area contributed by atoms with Crippen molar-refractivity contribution in [1.29, 1.82) is 0 Å². The van der Waals surface area contributed by atoms with E-state index in [1.807, 2.05) is 6.07 Å². The molecule has 0 spiro atoms. The quantitative estimate of drug-likeness (QED) is 0.255. The van der Waals surface area contributed by atoms with Crippen molar-refractivity contribution in [2.24, 2.45) is 5.92 Å². The fourth-order valence-electron chi connectivity index (χ4n) is 3.65. The second-order valence-electron chi connectivity index (χ2n) is 6.84. The van der Waals surface area contributed by atoms with E-state index in [4.69, 9.17) is 4.74 Å². The van der Waals surface area contributed by atoms with E-state index in [9.17, 15) is 19.2 Å². The largest absolute Gasteiger partial charge is 0.462 e. The number of ether oxygens (including phenoxy) is 1. The van der Waals surface area contributed by atoms with Gasteiger partial charge < -0.3 is 4.74 Å². The Kier molecular flexibility index (Phi) is 5.73. The molecule has 2 atom stereocenters. The number of thiazole rings is 1. The zero-order valence-electron chi connectivity index (χ0n) is 16.6. The lowest BCUT2D eigenvalue weighted by Gasteiger charge is -2.27. The van der Waals surface area contributed by atoms with Crippen LogP contribution in [0.15, 0.2) is 66.2 Å². The Hall–Kier alpha value is -3.65. The molecule has 1 fully saturated rings. The molecule has 2 heterocycles. The Balaban J connectivity index is 1.77. The zero-order chi connectivity index (χ0) is 22.0. The molecule has 1 saturated heterocycles. The molecule has 7 nitrogen and oxygen atoms in total. The number of hydrogen-bond acceptors (Lipinski definition) is 7. The van der Waals surface area contributed by atoms with Gasteiger partial charge in [0.05, 0.1) is 18.2 Å². The highest BCUT2D eigenvalue weighted by atomic mass is 32.1. The van der Waals surface area contributed by atoms with E-state index in [0.29, 0.717) is 16.8 Å². The lowest BCUT2D eigenvalue weighted by Crippen LogP contribution is -2.30. The number of aromatic nitrogens is 1. The van der Waals surface area contributed by atoms with Gasteiger partial charge in [0.25, 0.3) is 5.91 Å². The van der Waals surface area contributed by atoms with Gasteiger partial charge in [-0.3, -0.25) is 19.3 Å². The van der Waals surface area contributed by atoms with E-state index >= 15 is 0 Å². The van der Waals surface area contributed by atoms with Crippen LogP contribution < -0.4 is 4.90 Å². The number of rotatable bonds is 6. The first-order chi connectivity index (χ1) is 15.0. The van der Waals surface area contributed by atoms with Crippen molar-refractivity contribution in [3.05, 3.63) is 82.3 Å². The van der Waals surface area contributed by atoms with Crippen molar-refractivity contribution in [2.75, 3.05) is 11.5 Å². The SMILES string of the molecule is CCOC(=O)c1ccc(N2C(=O)C(=O)C(C(=O)c3nccs3)C2c2ccccc2)cc1. The summed E-state index contributed by atoms with van der Waals surface area (Å²) in [5.41, 5.74) is 1.40. The van der Waals surface area contributed by atoms with E-state index in [0.717, 1.165) is 11.3 Å². The van der Waals surface area contributed by atoms with Crippen molar-refractivity contribution in [2.45, 2.75) is 13.0 Å². The number of nitrogens with zero attached hydrogens (tertiary/aromatic N) is 2. The van der Waals surface area contributed by atoms with Gasteiger partial charge in [0.15, 0.2) is 5.01 Å². The monoisotopic (exact) mass is 434 g/mol. The molecule has 0 radical (unpaired) electrons. The number of anilines is 1. The van der Waals surface area contributed by atoms with Crippen LogP contribution in [0, 0.1) is 5.92 Å². The number of benzene rings is 2. The third kappa shape index (κ3) is 3.77. The van der Waals surface area contributed by atoms with Crippen LogP contribution in [0.3, 0.4) is 0 Å². The van der Waals surface area contributed by atoms with Crippen molar-refractivity contribution in [3.8, 4) is 0 Å². The van der Waals surface area contributed by atoms with Gasteiger partial charge >= 0.3 is 5.97 Å². The molecule has 4 rings (SSSR count). The molecule has 2 aromatic carbocycles. The minimum atomic E-state index is -1.20. The van der Waals surface area contributed by atoms with Gasteiger partial charge in [-0.15, -0.1) is 11.3 Å². The number of hydrogen-bond donors (Lipinski definition) is 0. The molecule has 1 aliphatic rings. The molecular formula is C23H18N2O5S. The normalized spacial score (nSPS) is 18.3. The van der Waals surface area contributed by atoms with Crippen molar-refractivity contribution in [1.82, 2.24) is 4.98 Å². The Morgan fingerprint density at radius 2 is 1.77 bits per heavy atom. The van der Waals surface area contributed by atoms with Crippen molar-refractivity contribution < 1.29 is 23.9 Å². The lowest BCUT2D eigenvalue weighted by atomic mass is 9.89. The smallest absolute Gasteiger partial charge is 0.338 e. The van der Waals surface area contributed by atoms with E-state index < -0.39 is 35.4 Å². The fourth-order valence-corrected chi connectivity index (χ4v) is 4.27. The highest BCUT2D eigenvalue weighted by molar-refractivity contribution is 7.11. The van der Waals surface area contributed by atoms with Crippen LogP contribution in [-0.2, 0) is 14.3 Å². The second-order valence-corrected chi connectivity index (χ2v) is 7.74. The third-order valence-electron chi connectivity index (χ3n) is 5.03. The Morgan fingerprint density at radius 3 is 2.39 bits per heavy atom. The third-order valence-corrected chi connectivity index (χ3v) is 5.82. The second kappa shape index (κ2) is 8.61. The van der Waals surface area contributed by atoms with Crippen LogP contribution in [0.1, 0.15) is 38.7 Å². The van der Waals surface area contributed by atoms with Gasteiger partial charge in [0.1, 0.15) is 5.92 Å². The van der Waals surface area contributed by atoms with E-state index in [2.05, 4.69) is 4.98 Å². The highest BCUT2D eigenvalue weighted by Gasteiger charge is 2.52. The molecule has 156 valence electrons. The summed E-state index contributed by atoms with van der Waals surface area (Å²) < 4.78 is 4.99. The van der Waals surface area contributed by atoms with Gasteiger partial charge in [-0.1, -0.05) is 30.3 Å². The van der Waals surface area contributed by atoms with Crippen molar-refractivity contribution in [3.63, 3.8) is 0 Å². The maximum absolute atomic E-state index is 13.1. The summed E-state index contributed by atoms with van der Waals surface area (Å²) in [5, 5.41) is 1.84. The van der Waals surface area contributed by atoms with E-state index in [-0.39, 0.29) is 11.6 Å². The van der Waals surface area contributed by atoms with Crippen LogP contribution in [0.25, 0.3) is 0 Å². The molecule has 0 bridgehead atoms. The summed E-state index contributed by atoms with van der Waals surface area (Å²) in [7, 11) is 0. The summed E-state index contributed by atoms with van der Waals surface area (Å²) in [6.07, 6.45) is 1.49. The molecule has 1 amide bonds. The Bertz CT molecular complexity index is 1130. The maximum Gasteiger partial charge on any atom is 0.338 e. The standard InChI is InChI=1S/C23H18N2O5S/c1-2-30-23(29)15-8-10-16(11-9-15)25-18(14-6-4-3-5-7-14)17(20(27)22(25)28)19(26)21-24-12-13-31-21/h3-13,17-18H,2H2,1H3. The van der Waals surface area contributed by atoms with Crippen LogP contribution >= 0.6 is 11.3 Å². The number of Topliss-reactive ketones (excluding diaryl/α,β-unsaturated/α-hetero) is 2. The predicted molar refractivity (Wildman–Crippen MR) is 114 cm³/mol. The van der Waals surface area contributed by atoms with E-state index in [1.54, 1.807) is 48.7 Å². The van der Waals surface area contributed by atoms with Crippen LogP contribution in [-0.4, -0.2) is 35.0 Å². The van der Waals surface area contributed by atoms with Gasteiger partial charge in [0, 0.05) is 17.3 Å². The van der Waals surface area contributed by atoms with Crippen molar-refractivity contribution >= 4 is 40.5 Å². The van der Waals surface area contributed by atoms with Crippen LogP contribution in [0.4, 0.5) is 5.69 Å². The molecular weight excluding hydrogens is 416 g/mol.